The molecule has 0 rings (SSSR count). The lowest BCUT2D eigenvalue weighted by Crippen LogP contribution is -2.53. The number of carboxylic acid groups (broad SMARTS) is 1. The molecule has 0 aliphatic heterocycles. The van der Waals surface area contributed by atoms with E-state index >= 15 is 0 Å². The first kappa shape index (κ1) is 16.5. The maximum Gasteiger partial charge on any atom is 0.408 e. The molecule has 104 valence electrons. The fraction of sp³-hybridized carbons (Fsp3) is 0.692. The van der Waals surface area contributed by atoms with Crippen LogP contribution in [0.1, 0.15) is 47.0 Å². The van der Waals surface area contributed by atoms with E-state index in [4.69, 9.17) is 4.74 Å². The maximum absolute atomic E-state index is 11.6. The normalized spacial score (nSPS) is 14.4. The number of carbonyl (C=O) groups excluding carboxylic acids is 1. The average Bonchev–Trinajstić information content (AvgIpc) is 2.14. The molecule has 1 atom stereocenters. The third-order valence-electron chi connectivity index (χ3n) is 2.33. The van der Waals surface area contributed by atoms with Gasteiger partial charge in [0.15, 0.2) is 0 Å². The number of carboxylic acids is 1. The van der Waals surface area contributed by atoms with Crippen LogP contribution in [0.2, 0.25) is 0 Å². The molecule has 0 saturated heterocycles. The van der Waals surface area contributed by atoms with Crippen molar-refractivity contribution in [2.24, 2.45) is 0 Å². The van der Waals surface area contributed by atoms with E-state index < -0.39 is 23.2 Å². The number of hydrogen-bond acceptors (Lipinski definition) is 3. The summed E-state index contributed by atoms with van der Waals surface area (Å²) in [6.07, 6.45) is 2.68. The highest BCUT2D eigenvalue weighted by Crippen LogP contribution is 2.16. The number of carbonyl (C=O) groups is 2. The molecule has 5 heteroatoms. The molecule has 0 spiro atoms. The Morgan fingerprint density at radius 2 is 1.89 bits per heavy atom. The van der Waals surface area contributed by atoms with E-state index in [1.54, 1.807) is 26.8 Å². The van der Waals surface area contributed by atoms with Crippen LogP contribution < -0.4 is 5.32 Å². The van der Waals surface area contributed by atoms with Gasteiger partial charge >= 0.3 is 12.1 Å². The highest BCUT2D eigenvalue weighted by atomic mass is 16.6. The van der Waals surface area contributed by atoms with Crippen LogP contribution >= 0.6 is 0 Å². The van der Waals surface area contributed by atoms with Gasteiger partial charge < -0.3 is 15.2 Å². The summed E-state index contributed by atoms with van der Waals surface area (Å²) >= 11 is 0. The summed E-state index contributed by atoms with van der Waals surface area (Å²) in [6.45, 7) is 10.2. The van der Waals surface area contributed by atoms with Gasteiger partial charge in [0.25, 0.3) is 0 Å². The van der Waals surface area contributed by atoms with Crippen LogP contribution in [0.15, 0.2) is 12.7 Å². The molecule has 0 aliphatic rings. The van der Waals surface area contributed by atoms with Gasteiger partial charge in [-0.25, -0.2) is 9.59 Å². The molecule has 0 unspecified atom stereocenters. The Kier molecular flexibility index (Phi) is 5.88. The zero-order chi connectivity index (χ0) is 14.4. The minimum atomic E-state index is -1.31. The van der Waals surface area contributed by atoms with Crippen LogP contribution in [0, 0.1) is 0 Å². The van der Waals surface area contributed by atoms with E-state index in [2.05, 4.69) is 11.9 Å². The SMILES string of the molecule is C=CCCC[C@@](C)(NC(=O)OC(C)(C)C)C(=O)O. The molecule has 1 amide bonds. The third kappa shape index (κ3) is 6.27. The van der Waals surface area contributed by atoms with Gasteiger partial charge in [0.2, 0.25) is 0 Å². The van der Waals surface area contributed by atoms with Crippen LogP contribution in [0.25, 0.3) is 0 Å². The Labute approximate surface area is 108 Å². The minimum absolute atomic E-state index is 0.327. The van der Waals surface area contributed by atoms with Crippen LogP contribution in [0.3, 0.4) is 0 Å². The number of nitrogens with one attached hydrogen (secondary N) is 1. The summed E-state index contributed by atoms with van der Waals surface area (Å²) in [5.41, 5.74) is -1.96. The molecule has 0 aromatic rings. The number of alkyl carbamates (subject to hydrolysis) is 1. The van der Waals surface area contributed by atoms with Gasteiger partial charge in [0, 0.05) is 0 Å². The molecule has 0 aromatic heterocycles. The lowest BCUT2D eigenvalue weighted by atomic mass is 9.95. The molecule has 0 fully saturated rings. The predicted octanol–water partition coefficient (Wildman–Crippen LogP) is 2.71. The first-order valence-corrected chi connectivity index (χ1v) is 5.96. The van der Waals surface area contributed by atoms with Gasteiger partial charge in [-0.05, 0) is 47.0 Å². The number of unbranched alkanes of at least 4 members (excludes halogenated alkanes) is 1. The molecular weight excluding hydrogens is 234 g/mol. The summed E-state index contributed by atoms with van der Waals surface area (Å²) in [7, 11) is 0. The van der Waals surface area contributed by atoms with Gasteiger partial charge in [-0.3, -0.25) is 0 Å². The largest absolute Gasteiger partial charge is 0.480 e. The smallest absolute Gasteiger partial charge is 0.408 e. The molecule has 0 bridgehead atoms. The van der Waals surface area contributed by atoms with Crippen molar-refractivity contribution >= 4 is 12.1 Å². The van der Waals surface area contributed by atoms with E-state index in [0.29, 0.717) is 19.3 Å². The summed E-state index contributed by atoms with van der Waals surface area (Å²) in [5, 5.41) is 11.6. The second-order valence-corrected chi connectivity index (χ2v) is 5.45. The van der Waals surface area contributed by atoms with Crippen LogP contribution in [-0.4, -0.2) is 28.3 Å². The Hall–Kier alpha value is -1.52. The molecule has 0 heterocycles. The summed E-state index contributed by atoms with van der Waals surface area (Å²) in [5.74, 6) is -1.07. The quantitative estimate of drug-likeness (QED) is 0.566. The average molecular weight is 257 g/mol. The maximum atomic E-state index is 11.6. The van der Waals surface area contributed by atoms with E-state index in [9.17, 15) is 14.7 Å². The summed E-state index contributed by atoms with van der Waals surface area (Å²) in [6, 6.07) is 0. The standard InChI is InChI=1S/C13H23NO4/c1-6-7-8-9-13(5,10(15)16)14-11(17)18-12(2,3)4/h6H,1,7-9H2,2-5H3,(H,14,17)(H,15,16)/t13-/m1/s1. The molecule has 2 N–H and O–H groups in total. The Bertz CT molecular complexity index is 319. The van der Waals surface area contributed by atoms with E-state index in [1.807, 2.05) is 0 Å². The highest BCUT2D eigenvalue weighted by Gasteiger charge is 2.35. The van der Waals surface area contributed by atoms with Crippen molar-refractivity contribution in [3.05, 3.63) is 12.7 Å². The number of amides is 1. The molecule has 0 aliphatic carbocycles. The monoisotopic (exact) mass is 257 g/mol. The molecule has 0 aromatic carbocycles. The fourth-order valence-corrected chi connectivity index (χ4v) is 1.35. The summed E-state index contributed by atoms with van der Waals surface area (Å²) in [4.78, 5) is 22.8. The molecular formula is C13H23NO4. The molecule has 0 saturated carbocycles. The lowest BCUT2D eigenvalue weighted by Gasteiger charge is -2.28. The van der Waals surface area contributed by atoms with Gasteiger partial charge in [-0.2, -0.15) is 0 Å². The zero-order valence-corrected chi connectivity index (χ0v) is 11.6. The highest BCUT2D eigenvalue weighted by molar-refractivity contribution is 5.83. The zero-order valence-electron chi connectivity index (χ0n) is 11.6. The van der Waals surface area contributed by atoms with Crippen molar-refractivity contribution in [2.45, 2.75) is 58.1 Å². The molecule has 18 heavy (non-hydrogen) atoms. The van der Waals surface area contributed by atoms with E-state index in [1.165, 1.54) is 6.92 Å². The second-order valence-electron chi connectivity index (χ2n) is 5.45. The van der Waals surface area contributed by atoms with Crippen molar-refractivity contribution in [3.8, 4) is 0 Å². The predicted molar refractivity (Wildman–Crippen MR) is 69.5 cm³/mol. The van der Waals surface area contributed by atoms with Gasteiger partial charge in [0.1, 0.15) is 11.1 Å². The minimum Gasteiger partial charge on any atom is -0.480 e. The molecule has 5 nitrogen and oxygen atoms in total. The van der Waals surface area contributed by atoms with Crippen LogP contribution in [0.4, 0.5) is 4.79 Å². The van der Waals surface area contributed by atoms with Crippen LogP contribution in [-0.2, 0) is 9.53 Å². The lowest BCUT2D eigenvalue weighted by molar-refractivity contribution is -0.144. The number of allylic oxidation sites excluding steroid dienone is 1. The number of aliphatic carboxylic acids is 1. The summed E-state index contributed by atoms with van der Waals surface area (Å²) < 4.78 is 5.06. The topological polar surface area (TPSA) is 75.6 Å². The van der Waals surface area contributed by atoms with Crippen molar-refractivity contribution in [3.63, 3.8) is 0 Å². The van der Waals surface area contributed by atoms with Crippen molar-refractivity contribution in [1.29, 1.82) is 0 Å². The number of rotatable bonds is 6. The van der Waals surface area contributed by atoms with Crippen LogP contribution in [0.5, 0.6) is 0 Å². The second kappa shape index (κ2) is 6.42. The van der Waals surface area contributed by atoms with Crippen molar-refractivity contribution in [2.75, 3.05) is 0 Å². The third-order valence-corrected chi connectivity index (χ3v) is 2.33. The van der Waals surface area contributed by atoms with E-state index in [-0.39, 0.29) is 0 Å². The van der Waals surface area contributed by atoms with E-state index in [0.717, 1.165) is 0 Å². The van der Waals surface area contributed by atoms with Gasteiger partial charge in [0.05, 0.1) is 0 Å². The Balaban J connectivity index is 4.56. The number of ether oxygens (including phenoxy) is 1. The van der Waals surface area contributed by atoms with Gasteiger partial charge in [-0.1, -0.05) is 6.08 Å². The Morgan fingerprint density at radius 1 is 1.33 bits per heavy atom. The first-order valence-electron chi connectivity index (χ1n) is 5.96. The van der Waals surface area contributed by atoms with Gasteiger partial charge in [-0.15, -0.1) is 6.58 Å². The fourth-order valence-electron chi connectivity index (χ4n) is 1.35. The first-order chi connectivity index (χ1) is 8.10. The van der Waals surface area contributed by atoms with Crippen molar-refractivity contribution < 1.29 is 19.4 Å². The number of hydrogen-bond donors (Lipinski definition) is 2. The molecule has 0 radical (unpaired) electrons. The Morgan fingerprint density at radius 3 is 2.28 bits per heavy atom. The van der Waals surface area contributed by atoms with Crippen molar-refractivity contribution in [1.82, 2.24) is 5.32 Å².